The highest BCUT2D eigenvalue weighted by Gasteiger charge is 2.38. The predicted molar refractivity (Wildman–Crippen MR) is 109 cm³/mol. The standard InChI is InChI=1S/C21H33N3O4/c1-13(2)18(20(26)24-8-7-17(22)21(3,4)12-24)23-19(25)14-9-15(27-5)11-16(10-14)28-6/h9-11,13,17-18H,7-8,12,22H2,1-6H3,(H,23,25). The summed E-state index contributed by atoms with van der Waals surface area (Å²) in [7, 11) is 3.05. The number of amides is 2. The van der Waals surface area contributed by atoms with Gasteiger partial charge in [0.2, 0.25) is 5.91 Å². The molecular formula is C21H33N3O4. The molecule has 1 heterocycles. The van der Waals surface area contributed by atoms with Gasteiger partial charge >= 0.3 is 0 Å². The molecule has 0 aromatic heterocycles. The zero-order valence-corrected chi connectivity index (χ0v) is 17.7. The molecule has 1 saturated heterocycles. The molecule has 1 aromatic carbocycles. The molecule has 1 aliphatic heterocycles. The van der Waals surface area contributed by atoms with E-state index < -0.39 is 6.04 Å². The monoisotopic (exact) mass is 391 g/mol. The Bertz CT molecular complexity index is 695. The number of carbonyl (C=O) groups excluding carboxylic acids is 2. The number of carbonyl (C=O) groups is 2. The van der Waals surface area contributed by atoms with Crippen LogP contribution in [0.15, 0.2) is 18.2 Å². The summed E-state index contributed by atoms with van der Waals surface area (Å²) in [5.74, 6) is 0.574. The zero-order valence-electron chi connectivity index (χ0n) is 17.7. The highest BCUT2D eigenvalue weighted by atomic mass is 16.5. The molecule has 156 valence electrons. The molecule has 28 heavy (non-hydrogen) atoms. The van der Waals surface area contributed by atoms with Gasteiger partial charge in [-0.25, -0.2) is 0 Å². The maximum absolute atomic E-state index is 13.2. The third kappa shape index (κ3) is 4.95. The van der Waals surface area contributed by atoms with E-state index in [1.54, 1.807) is 18.2 Å². The van der Waals surface area contributed by atoms with Gasteiger partial charge in [-0.3, -0.25) is 9.59 Å². The van der Waals surface area contributed by atoms with Crippen molar-refractivity contribution in [2.75, 3.05) is 27.3 Å². The Hall–Kier alpha value is -2.28. The Labute approximate surface area is 167 Å². The number of hydrogen-bond acceptors (Lipinski definition) is 5. The van der Waals surface area contributed by atoms with Crippen molar-refractivity contribution in [3.05, 3.63) is 23.8 Å². The Kier molecular flexibility index (Phi) is 6.93. The first-order valence-corrected chi connectivity index (χ1v) is 9.67. The van der Waals surface area contributed by atoms with E-state index in [-0.39, 0.29) is 29.2 Å². The number of methoxy groups -OCH3 is 2. The van der Waals surface area contributed by atoms with Gasteiger partial charge in [0, 0.05) is 30.8 Å². The molecule has 0 aliphatic carbocycles. The lowest BCUT2D eigenvalue weighted by Gasteiger charge is -2.44. The van der Waals surface area contributed by atoms with Crippen LogP contribution < -0.4 is 20.5 Å². The number of likely N-dealkylation sites (tertiary alicyclic amines) is 1. The van der Waals surface area contributed by atoms with Crippen LogP contribution in [0.2, 0.25) is 0 Å². The fraction of sp³-hybridized carbons (Fsp3) is 0.619. The van der Waals surface area contributed by atoms with E-state index >= 15 is 0 Å². The number of rotatable bonds is 6. The van der Waals surface area contributed by atoms with Gasteiger partial charge in [-0.2, -0.15) is 0 Å². The number of nitrogens with zero attached hydrogens (tertiary/aromatic N) is 1. The van der Waals surface area contributed by atoms with Gasteiger partial charge in [0.15, 0.2) is 0 Å². The SMILES string of the molecule is COc1cc(OC)cc(C(=O)NC(C(=O)N2CCC(N)C(C)(C)C2)C(C)C)c1. The average molecular weight is 392 g/mol. The van der Waals surface area contributed by atoms with E-state index in [4.69, 9.17) is 15.2 Å². The average Bonchev–Trinajstić information content (AvgIpc) is 2.66. The van der Waals surface area contributed by atoms with Crippen LogP contribution >= 0.6 is 0 Å². The summed E-state index contributed by atoms with van der Waals surface area (Å²) in [6.07, 6.45) is 0.755. The van der Waals surface area contributed by atoms with Gasteiger partial charge in [0.1, 0.15) is 17.5 Å². The van der Waals surface area contributed by atoms with Crippen LogP contribution in [-0.4, -0.2) is 56.1 Å². The van der Waals surface area contributed by atoms with Crippen molar-refractivity contribution in [3.63, 3.8) is 0 Å². The lowest BCUT2D eigenvalue weighted by Crippen LogP contribution is -2.59. The van der Waals surface area contributed by atoms with E-state index in [1.807, 2.05) is 18.7 Å². The second-order valence-electron chi connectivity index (χ2n) is 8.44. The molecular weight excluding hydrogens is 358 g/mol. The van der Waals surface area contributed by atoms with Crippen molar-refractivity contribution < 1.29 is 19.1 Å². The second-order valence-corrected chi connectivity index (χ2v) is 8.44. The quantitative estimate of drug-likeness (QED) is 0.774. The number of piperidine rings is 1. The van der Waals surface area contributed by atoms with Crippen LogP contribution in [0.25, 0.3) is 0 Å². The number of ether oxygens (including phenoxy) is 2. The van der Waals surface area contributed by atoms with Crippen molar-refractivity contribution in [2.24, 2.45) is 17.1 Å². The van der Waals surface area contributed by atoms with E-state index in [2.05, 4.69) is 19.2 Å². The van der Waals surface area contributed by atoms with Gasteiger partial charge in [0.25, 0.3) is 5.91 Å². The van der Waals surface area contributed by atoms with Crippen molar-refractivity contribution >= 4 is 11.8 Å². The molecule has 7 nitrogen and oxygen atoms in total. The summed E-state index contributed by atoms with van der Waals surface area (Å²) >= 11 is 0. The fourth-order valence-corrected chi connectivity index (χ4v) is 3.44. The number of benzene rings is 1. The normalized spacial score (nSPS) is 19.9. The zero-order chi connectivity index (χ0) is 21.1. The molecule has 1 aromatic rings. The van der Waals surface area contributed by atoms with E-state index in [1.165, 1.54) is 14.2 Å². The Balaban J connectivity index is 2.18. The molecule has 2 atom stereocenters. The highest BCUT2D eigenvalue weighted by Crippen LogP contribution is 2.28. The van der Waals surface area contributed by atoms with Gasteiger partial charge < -0.3 is 25.4 Å². The minimum Gasteiger partial charge on any atom is -0.497 e. The summed E-state index contributed by atoms with van der Waals surface area (Å²) in [5.41, 5.74) is 6.42. The lowest BCUT2D eigenvalue weighted by molar-refractivity contribution is -0.137. The number of nitrogens with one attached hydrogen (secondary N) is 1. The molecule has 7 heteroatoms. The predicted octanol–water partition coefficient (Wildman–Crippen LogP) is 2.04. The number of nitrogens with two attached hydrogens (primary N) is 1. The van der Waals surface area contributed by atoms with Crippen molar-refractivity contribution in [2.45, 2.75) is 46.2 Å². The molecule has 0 bridgehead atoms. The number of hydrogen-bond donors (Lipinski definition) is 2. The minimum atomic E-state index is -0.616. The van der Waals surface area contributed by atoms with Crippen molar-refractivity contribution in [1.29, 1.82) is 0 Å². The maximum atomic E-state index is 13.2. The summed E-state index contributed by atoms with van der Waals surface area (Å²) < 4.78 is 10.5. The topological polar surface area (TPSA) is 93.9 Å². The Morgan fingerprint density at radius 1 is 1.18 bits per heavy atom. The van der Waals surface area contributed by atoms with Gasteiger partial charge in [-0.15, -0.1) is 0 Å². The molecule has 2 amide bonds. The molecule has 3 N–H and O–H groups in total. The third-order valence-electron chi connectivity index (χ3n) is 5.46. The second kappa shape index (κ2) is 8.82. The summed E-state index contributed by atoms with van der Waals surface area (Å²) in [4.78, 5) is 27.8. The first-order valence-electron chi connectivity index (χ1n) is 9.67. The van der Waals surface area contributed by atoms with Crippen LogP contribution in [0.5, 0.6) is 11.5 Å². The molecule has 0 radical (unpaired) electrons. The summed E-state index contributed by atoms with van der Waals surface area (Å²) in [6.45, 7) is 9.19. The lowest BCUT2D eigenvalue weighted by atomic mass is 9.79. The Morgan fingerprint density at radius 3 is 2.21 bits per heavy atom. The van der Waals surface area contributed by atoms with Gasteiger partial charge in [-0.1, -0.05) is 27.7 Å². The molecule has 1 fully saturated rings. The molecule has 1 aliphatic rings. The van der Waals surface area contributed by atoms with E-state index in [0.29, 0.717) is 30.2 Å². The summed E-state index contributed by atoms with van der Waals surface area (Å²) in [6, 6.07) is 4.40. The molecule has 2 unspecified atom stereocenters. The largest absolute Gasteiger partial charge is 0.497 e. The van der Waals surface area contributed by atoms with Gasteiger partial charge in [0.05, 0.1) is 14.2 Å². The highest BCUT2D eigenvalue weighted by molar-refractivity contribution is 5.98. The first kappa shape index (κ1) is 22.0. The third-order valence-corrected chi connectivity index (χ3v) is 5.46. The van der Waals surface area contributed by atoms with Crippen molar-refractivity contribution in [3.8, 4) is 11.5 Å². The van der Waals surface area contributed by atoms with Crippen LogP contribution in [0.4, 0.5) is 0 Å². The molecule has 0 spiro atoms. The van der Waals surface area contributed by atoms with Crippen LogP contribution in [-0.2, 0) is 4.79 Å². The van der Waals surface area contributed by atoms with E-state index in [0.717, 1.165) is 6.42 Å². The van der Waals surface area contributed by atoms with Gasteiger partial charge in [-0.05, 0) is 29.9 Å². The minimum absolute atomic E-state index is 0.0531. The summed E-state index contributed by atoms with van der Waals surface area (Å²) in [5, 5.41) is 2.90. The van der Waals surface area contributed by atoms with Crippen molar-refractivity contribution in [1.82, 2.24) is 10.2 Å². The molecule has 0 saturated carbocycles. The Morgan fingerprint density at radius 2 is 1.75 bits per heavy atom. The fourth-order valence-electron chi connectivity index (χ4n) is 3.44. The van der Waals surface area contributed by atoms with Crippen LogP contribution in [0.3, 0.4) is 0 Å². The molecule has 2 rings (SSSR count). The smallest absolute Gasteiger partial charge is 0.252 e. The van der Waals surface area contributed by atoms with Crippen LogP contribution in [0.1, 0.15) is 44.5 Å². The van der Waals surface area contributed by atoms with Crippen LogP contribution in [0, 0.1) is 11.3 Å². The maximum Gasteiger partial charge on any atom is 0.252 e. The van der Waals surface area contributed by atoms with E-state index in [9.17, 15) is 9.59 Å². The first-order chi connectivity index (χ1) is 13.1.